The molecule has 1 aromatic rings. The van der Waals surface area contributed by atoms with Crippen molar-refractivity contribution in [1.82, 2.24) is 9.88 Å². The Bertz CT molecular complexity index is 271. The maximum atomic E-state index is 5.41. The smallest absolute Gasteiger partial charge is 0.0478 e. The number of rotatable bonds is 9. The molecule has 0 aromatic carbocycles. The SMILES string of the molecule is CCCOCCCNCc1ccn(CC)c1. The molecule has 16 heavy (non-hydrogen) atoms. The summed E-state index contributed by atoms with van der Waals surface area (Å²) in [4.78, 5) is 0. The molecular formula is C13H24N2O. The number of hydrogen-bond acceptors (Lipinski definition) is 2. The van der Waals surface area contributed by atoms with Gasteiger partial charge in [0.05, 0.1) is 0 Å². The predicted molar refractivity (Wildman–Crippen MR) is 67.5 cm³/mol. The fraction of sp³-hybridized carbons (Fsp3) is 0.692. The van der Waals surface area contributed by atoms with E-state index in [2.05, 4.69) is 42.2 Å². The molecule has 92 valence electrons. The molecule has 1 rings (SSSR count). The standard InChI is InChI=1S/C13H24N2O/c1-3-9-16-10-5-7-14-11-13-6-8-15(4-2)12-13/h6,8,12,14H,3-5,7,9-11H2,1-2H3. The van der Waals surface area contributed by atoms with Gasteiger partial charge in [0, 0.05) is 38.7 Å². The van der Waals surface area contributed by atoms with Crippen LogP contribution in [0, 0.1) is 0 Å². The van der Waals surface area contributed by atoms with Gasteiger partial charge < -0.3 is 14.6 Å². The number of aromatic nitrogens is 1. The van der Waals surface area contributed by atoms with Crippen LogP contribution >= 0.6 is 0 Å². The van der Waals surface area contributed by atoms with E-state index in [1.54, 1.807) is 0 Å². The molecule has 1 N–H and O–H groups in total. The molecule has 0 aliphatic heterocycles. The first-order valence-electron chi connectivity index (χ1n) is 6.30. The van der Waals surface area contributed by atoms with E-state index in [-0.39, 0.29) is 0 Å². The summed E-state index contributed by atoms with van der Waals surface area (Å²) in [6.07, 6.45) is 6.52. The number of nitrogens with one attached hydrogen (secondary N) is 1. The van der Waals surface area contributed by atoms with Crippen molar-refractivity contribution in [3.05, 3.63) is 24.0 Å². The quantitative estimate of drug-likeness (QED) is 0.652. The first-order chi connectivity index (χ1) is 7.86. The van der Waals surface area contributed by atoms with Gasteiger partial charge >= 0.3 is 0 Å². The Kier molecular flexibility index (Phi) is 6.93. The van der Waals surface area contributed by atoms with Crippen LogP contribution in [0.1, 0.15) is 32.3 Å². The van der Waals surface area contributed by atoms with Gasteiger partial charge in [-0.2, -0.15) is 0 Å². The number of nitrogens with zero attached hydrogens (tertiary/aromatic N) is 1. The Morgan fingerprint density at radius 2 is 2.19 bits per heavy atom. The Hall–Kier alpha value is -0.800. The molecule has 0 spiro atoms. The molecular weight excluding hydrogens is 200 g/mol. The Morgan fingerprint density at radius 3 is 2.88 bits per heavy atom. The van der Waals surface area contributed by atoms with Crippen molar-refractivity contribution in [3.8, 4) is 0 Å². The number of aryl methyl sites for hydroxylation is 1. The highest BCUT2D eigenvalue weighted by Crippen LogP contribution is 2.00. The maximum Gasteiger partial charge on any atom is 0.0478 e. The highest BCUT2D eigenvalue weighted by atomic mass is 16.5. The fourth-order valence-corrected chi connectivity index (χ4v) is 1.57. The Labute approximate surface area is 98.8 Å². The molecule has 0 saturated carbocycles. The van der Waals surface area contributed by atoms with Crippen molar-refractivity contribution in [2.45, 2.75) is 39.8 Å². The zero-order valence-electron chi connectivity index (χ0n) is 10.5. The van der Waals surface area contributed by atoms with E-state index < -0.39 is 0 Å². The molecule has 0 atom stereocenters. The first-order valence-corrected chi connectivity index (χ1v) is 6.30. The van der Waals surface area contributed by atoms with E-state index in [0.29, 0.717) is 0 Å². The molecule has 0 radical (unpaired) electrons. The monoisotopic (exact) mass is 224 g/mol. The lowest BCUT2D eigenvalue weighted by Crippen LogP contribution is -2.16. The van der Waals surface area contributed by atoms with Crippen LogP contribution in [-0.4, -0.2) is 24.3 Å². The molecule has 0 bridgehead atoms. The minimum atomic E-state index is 0.872. The van der Waals surface area contributed by atoms with E-state index in [0.717, 1.165) is 45.7 Å². The van der Waals surface area contributed by atoms with Crippen LogP contribution in [0.2, 0.25) is 0 Å². The van der Waals surface area contributed by atoms with Crippen LogP contribution < -0.4 is 5.32 Å². The summed E-state index contributed by atoms with van der Waals surface area (Å²) < 4.78 is 7.61. The lowest BCUT2D eigenvalue weighted by atomic mass is 10.3. The minimum Gasteiger partial charge on any atom is -0.381 e. The van der Waals surface area contributed by atoms with Gasteiger partial charge in [-0.15, -0.1) is 0 Å². The third-order valence-corrected chi connectivity index (χ3v) is 2.50. The second-order valence-corrected chi connectivity index (χ2v) is 3.99. The lowest BCUT2D eigenvalue weighted by Gasteiger charge is -2.04. The van der Waals surface area contributed by atoms with E-state index in [9.17, 15) is 0 Å². The van der Waals surface area contributed by atoms with Crippen LogP contribution in [0.5, 0.6) is 0 Å². The second kappa shape index (κ2) is 8.36. The van der Waals surface area contributed by atoms with E-state index in [1.807, 2.05) is 0 Å². The number of ether oxygens (including phenoxy) is 1. The molecule has 0 aliphatic carbocycles. The van der Waals surface area contributed by atoms with Gasteiger partial charge in [0.25, 0.3) is 0 Å². The summed E-state index contributed by atoms with van der Waals surface area (Å²) in [5.74, 6) is 0. The topological polar surface area (TPSA) is 26.2 Å². The van der Waals surface area contributed by atoms with Gasteiger partial charge in [-0.1, -0.05) is 6.92 Å². The molecule has 3 nitrogen and oxygen atoms in total. The van der Waals surface area contributed by atoms with Gasteiger partial charge in [-0.3, -0.25) is 0 Å². The molecule has 0 amide bonds. The van der Waals surface area contributed by atoms with Gasteiger partial charge in [0.1, 0.15) is 0 Å². The van der Waals surface area contributed by atoms with E-state index in [4.69, 9.17) is 4.74 Å². The van der Waals surface area contributed by atoms with Crippen molar-refractivity contribution >= 4 is 0 Å². The summed E-state index contributed by atoms with van der Waals surface area (Å²) >= 11 is 0. The third-order valence-electron chi connectivity index (χ3n) is 2.50. The minimum absolute atomic E-state index is 0.872. The zero-order chi connectivity index (χ0) is 11.6. The molecule has 1 heterocycles. The van der Waals surface area contributed by atoms with Crippen LogP contribution in [0.4, 0.5) is 0 Å². The maximum absolute atomic E-state index is 5.41. The van der Waals surface area contributed by atoms with Crippen LogP contribution in [0.15, 0.2) is 18.5 Å². The van der Waals surface area contributed by atoms with E-state index >= 15 is 0 Å². The third kappa shape index (κ3) is 5.33. The van der Waals surface area contributed by atoms with Crippen molar-refractivity contribution in [3.63, 3.8) is 0 Å². The van der Waals surface area contributed by atoms with Gasteiger partial charge in [0.2, 0.25) is 0 Å². The highest BCUT2D eigenvalue weighted by Gasteiger charge is 1.95. The Balaban J connectivity index is 1.98. The normalized spacial score (nSPS) is 10.9. The predicted octanol–water partition coefficient (Wildman–Crippen LogP) is 2.41. The molecule has 0 fully saturated rings. The molecule has 0 aliphatic rings. The largest absolute Gasteiger partial charge is 0.381 e. The average Bonchev–Trinajstić information content (AvgIpc) is 2.76. The van der Waals surface area contributed by atoms with Crippen LogP contribution in [-0.2, 0) is 17.8 Å². The fourth-order valence-electron chi connectivity index (χ4n) is 1.57. The molecule has 0 unspecified atom stereocenters. The number of hydrogen-bond donors (Lipinski definition) is 1. The van der Waals surface area contributed by atoms with Gasteiger partial charge in [-0.05, 0) is 37.9 Å². The Morgan fingerprint density at radius 1 is 1.31 bits per heavy atom. The summed E-state index contributed by atoms with van der Waals surface area (Å²) in [6, 6.07) is 2.17. The molecule has 0 saturated heterocycles. The summed E-state index contributed by atoms with van der Waals surface area (Å²) in [6.45, 7) is 9.09. The summed E-state index contributed by atoms with van der Waals surface area (Å²) in [5, 5.41) is 3.42. The lowest BCUT2D eigenvalue weighted by molar-refractivity contribution is 0.132. The van der Waals surface area contributed by atoms with Gasteiger partial charge in [0.15, 0.2) is 0 Å². The van der Waals surface area contributed by atoms with Crippen molar-refractivity contribution in [2.24, 2.45) is 0 Å². The summed E-state index contributed by atoms with van der Waals surface area (Å²) in [7, 11) is 0. The zero-order valence-corrected chi connectivity index (χ0v) is 10.5. The average molecular weight is 224 g/mol. The first kappa shape index (κ1) is 13.3. The van der Waals surface area contributed by atoms with Gasteiger partial charge in [-0.25, -0.2) is 0 Å². The van der Waals surface area contributed by atoms with Crippen LogP contribution in [0.25, 0.3) is 0 Å². The molecule has 1 aromatic heterocycles. The highest BCUT2D eigenvalue weighted by molar-refractivity contribution is 5.09. The van der Waals surface area contributed by atoms with E-state index in [1.165, 1.54) is 5.56 Å². The van der Waals surface area contributed by atoms with Crippen LogP contribution in [0.3, 0.4) is 0 Å². The van der Waals surface area contributed by atoms with Crippen molar-refractivity contribution < 1.29 is 4.74 Å². The second-order valence-electron chi connectivity index (χ2n) is 3.99. The van der Waals surface area contributed by atoms with Crippen molar-refractivity contribution in [1.29, 1.82) is 0 Å². The molecule has 3 heteroatoms. The van der Waals surface area contributed by atoms with Crippen molar-refractivity contribution in [2.75, 3.05) is 19.8 Å². The summed E-state index contributed by atoms with van der Waals surface area (Å²) in [5.41, 5.74) is 1.36.